The van der Waals surface area contributed by atoms with Crippen molar-refractivity contribution in [1.29, 1.82) is 0 Å². The van der Waals surface area contributed by atoms with Gasteiger partial charge in [-0.05, 0) is 30.3 Å². The molecule has 2 fully saturated rings. The van der Waals surface area contributed by atoms with Gasteiger partial charge in [-0.3, -0.25) is 0 Å². The van der Waals surface area contributed by atoms with Crippen LogP contribution in [0.1, 0.15) is 12.8 Å². The number of halogens is 2. The Morgan fingerprint density at radius 1 is 1.38 bits per heavy atom. The standard InChI is InChI=1S/C9H15F2NS/c10-9(11)6-12-4-8(9)7-2-1-3-13-5-7/h7-8,12H,1-6H2. The smallest absolute Gasteiger partial charge is 0.264 e. The Kier molecular flexibility index (Phi) is 2.79. The first-order valence-corrected chi connectivity index (χ1v) is 6.02. The molecule has 2 atom stereocenters. The molecule has 2 unspecified atom stereocenters. The zero-order valence-electron chi connectivity index (χ0n) is 7.56. The summed E-state index contributed by atoms with van der Waals surface area (Å²) in [5.74, 6) is -0.531. The maximum absolute atomic E-state index is 13.3. The summed E-state index contributed by atoms with van der Waals surface area (Å²) in [7, 11) is 0. The third-order valence-corrected chi connectivity index (χ3v) is 4.27. The highest BCUT2D eigenvalue weighted by Gasteiger charge is 2.47. The second-order valence-electron chi connectivity index (χ2n) is 3.98. The highest BCUT2D eigenvalue weighted by atomic mass is 32.2. The highest BCUT2D eigenvalue weighted by molar-refractivity contribution is 7.99. The molecule has 76 valence electrons. The summed E-state index contributed by atoms with van der Waals surface area (Å²) in [4.78, 5) is 0. The number of nitrogens with one attached hydrogen (secondary N) is 1. The van der Waals surface area contributed by atoms with E-state index in [-0.39, 0.29) is 12.5 Å². The van der Waals surface area contributed by atoms with Gasteiger partial charge in [-0.25, -0.2) is 8.78 Å². The summed E-state index contributed by atoms with van der Waals surface area (Å²) in [6.07, 6.45) is 2.11. The van der Waals surface area contributed by atoms with Crippen LogP contribution in [0.2, 0.25) is 0 Å². The van der Waals surface area contributed by atoms with Gasteiger partial charge in [0, 0.05) is 12.5 Å². The van der Waals surface area contributed by atoms with Crippen LogP contribution in [0.15, 0.2) is 0 Å². The second-order valence-corrected chi connectivity index (χ2v) is 5.13. The van der Waals surface area contributed by atoms with Gasteiger partial charge in [0.15, 0.2) is 0 Å². The predicted octanol–water partition coefficient (Wildman–Crippen LogP) is 1.98. The fraction of sp³-hybridized carbons (Fsp3) is 1.00. The van der Waals surface area contributed by atoms with E-state index in [1.807, 2.05) is 11.8 Å². The Labute approximate surface area is 81.7 Å². The van der Waals surface area contributed by atoms with Crippen LogP contribution in [0.5, 0.6) is 0 Å². The molecule has 0 aromatic heterocycles. The minimum Gasteiger partial charge on any atom is -0.311 e. The van der Waals surface area contributed by atoms with E-state index in [2.05, 4.69) is 5.32 Å². The molecule has 0 amide bonds. The lowest BCUT2D eigenvalue weighted by Gasteiger charge is -2.30. The van der Waals surface area contributed by atoms with Crippen molar-refractivity contribution < 1.29 is 8.78 Å². The number of hydrogen-bond donors (Lipinski definition) is 1. The molecule has 2 saturated heterocycles. The number of alkyl halides is 2. The first-order chi connectivity index (χ1) is 6.20. The third kappa shape index (κ3) is 1.99. The van der Waals surface area contributed by atoms with Gasteiger partial charge in [0.25, 0.3) is 5.92 Å². The molecule has 0 aromatic carbocycles. The van der Waals surface area contributed by atoms with E-state index in [9.17, 15) is 8.78 Å². The Balaban J connectivity index is 1.98. The molecule has 1 nitrogen and oxygen atoms in total. The molecule has 0 radical (unpaired) electrons. The average molecular weight is 207 g/mol. The van der Waals surface area contributed by atoms with Crippen molar-refractivity contribution >= 4 is 11.8 Å². The molecule has 2 aliphatic rings. The Hall–Kier alpha value is 0.170. The lowest BCUT2D eigenvalue weighted by Crippen LogP contribution is -2.35. The summed E-state index contributed by atoms with van der Waals surface area (Å²) < 4.78 is 26.6. The van der Waals surface area contributed by atoms with Crippen molar-refractivity contribution in [1.82, 2.24) is 5.32 Å². The van der Waals surface area contributed by atoms with E-state index in [1.54, 1.807) is 0 Å². The van der Waals surface area contributed by atoms with Gasteiger partial charge in [-0.1, -0.05) is 0 Å². The average Bonchev–Trinajstić information content (AvgIpc) is 2.47. The minimum atomic E-state index is -2.46. The molecule has 2 rings (SSSR count). The van der Waals surface area contributed by atoms with Crippen LogP contribution in [0.4, 0.5) is 8.78 Å². The zero-order chi connectivity index (χ0) is 9.31. The molecule has 13 heavy (non-hydrogen) atoms. The van der Waals surface area contributed by atoms with Crippen molar-refractivity contribution in [3.63, 3.8) is 0 Å². The highest BCUT2D eigenvalue weighted by Crippen LogP contribution is 2.39. The van der Waals surface area contributed by atoms with Crippen LogP contribution >= 0.6 is 11.8 Å². The van der Waals surface area contributed by atoms with Crippen LogP contribution in [0.3, 0.4) is 0 Å². The minimum absolute atomic E-state index is 0.112. The Bertz CT molecular complexity index is 180. The molecule has 2 aliphatic heterocycles. The fourth-order valence-electron chi connectivity index (χ4n) is 2.27. The van der Waals surface area contributed by atoms with Crippen molar-refractivity contribution in [3.05, 3.63) is 0 Å². The van der Waals surface area contributed by atoms with Crippen LogP contribution in [0, 0.1) is 11.8 Å². The third-order valence-electron chi connectivity index (χ3n) is 3.03. The van der Waals surface area contributed by atoms with E-state index in [0.717, 1.165) is 24.3 Å². The lowest BCUT2D eigenvalue weighted by molar-refractivity contribution is -0.0411. The van der Waals surface area contributed by atoms with E-state index in [0.29, 0.717) is 6.54 Å². The lowest BCUT2D eigenvalue weighted by atomic mass is 9.87. The van der Waals surface area contributed by atoms with Crippen molar-refractivity contribution in [2.24, 2.45) is 11.8 Å². The van der Waals surface area contributed by atoms with Crippen LogP contribution in [0.25, 0.3) is 0 Å². The molecule has 0 spiro atoms. The number of hydrogen-bond acceptors (Lipinski definition) is 2. The molecule has 0 aromatic rings. The molecule has 0 saturated carbocycles. The van der Waals surface area contributed by atoms with Gasteiger partial charge in [0.1, 0.15) is 0 Å². The maximum atomic E-state index is 13.3. The first-order valence-electron chi connectivity index (χ1n) is 4.86. The van der Waals surface area contributed by atoms with Crippen molar-refractivity contribution in [2.45, 2.75) is 18.8 Å². The molecule has 0 bridgehead atoms. The van der Waals surface area contributed by atoms with E-state index >= 15 is 0 Å². The molecule has 4 heteroatoms. The topological polar surface area (TPSA) is 12.0 Å². The van der Waals surface area contributed by atoms with Crippen LogP contribution in [-0.4, -0.2) is 30.5 Å². The summed E-state index contributed by atoms with van der Waals surface area (Å²) in [5.41, 5.74) is 0. The molecular formula is C9H15F2NS. The predicted molar refractivity (Wildman–Crippen MR) is 51.4 cm³/mol. The number of rotatable bonds is 1. The van der Waals surface area contributed by atoms with Gasteiger partial charge in [-0.15, -0.1) is 0 Å². The fourth-order valence-corrected chi connectivity index (χ4v) is 3.51. The summed E-state index contributed by atoms with van der Waals surface area (Å²) in [6.45, 7) is 0.400. The molecule has 0 aliphatic carbocycles. The first kappa shape index (κ1) is 9.71. The van der Waals surface area contributed by atoms with E-state index in [1.165, 1.54) is 0 Å². The molecule has 1 N–H and O–H groups in total. The Morgan fingerprint density at radius 2 is 2.23 bits per heavy atom. The molecular weight excluding hydrogens is 192 g/mol. The van der Waals surface area contributed by atoms with Gasteiger partial charge in [0.05, 0.1) is 6.54 Å². The zero-order valence-corrected chi connectivity index (χ0v) is 8.38. The van der Waals surface area contributed by atoms with Crippen molar-refractivity contribution in [2.75, 3.05) is 24.6 Å². The molecule has 2 heterocycles. The Morgan fingerprint density at radius 3 is 2.77 bits per heavy atom. The maximum Gasteiger partial charge on any atom is 0.264 e. The van der Waals surface area contributed by atoms with Crippen molar-refractivity contribution in [3.8, 4) is 0 Å². The largest absolute Gasteiger partial charge is 0.311 e. The SMILES string of the molecule is FC1(F)CNCC1C1CCCSC1. The second kappa shape index (κ2) is 3.73. The monoisotopic (exact) mass is 207 g/mol. The normalized spacial score (nSPS) is 39.2. The van der Waals surface area contributed by atoms with Gasteiger partial charge >= 0.3 is 0 Å². The van der Waals surface area contributed by atoms with E-state index < -0.39 is 11.8 Å². The quantitative estimate of drug-likeness (QED) is 0.705. The van der Waals surface area contributed by atoms with E-state index in [4.69, 9.17) is 0 Å². The summed E-state index contributed by atoms with van der Waals surface area (Å²) in [6, 6.07) is 0. The van der Waals surface area contributed by atoms with Crippen LogP contribution < -0.4 is 5.32 Å². The summed E-state index contributed by atoms with van der Waals surface area (Å²) >= 11 is 1.83. The van der Waals surface area contributed by atoms with Gasteiger partial charge in [-0.2, -0.15) is 11.8 Å². The number of thioether (sulfide) groups is 1. The van der Waals surface area contributed by atoms with Gasteiger partial charge < -0.3 is 5.32 Å². The van der Waals surface area contributed by atoms with Crippen LogP contribution in [-0.2, 0) is 0 Å². The van der Waals surface area contributed by atoms with Gasteiger partial charge in [0.2, 0.25) is 0 Å². The summed E-state index contributed by atoms with van der Waals surface area (Å²) in [5, 5.41) is 2.80.